The molecule has 174 valence electrons. The minimum Gasteiger partial charge on any atom is -0.429 e. The highest BCUT2D eigenvalue weighted by molar-refractivity contribution is 5.94. The minimum absolute atomic E-state index is 0.0956. The maximum atomic E-state index is 12.8. The molecule has 1 aromatic carbocycles. The van der Waals surface area contributed by atoms with Crippen LogP contribution in [0.15, 0.2) is 36.5 Å². The molecule has 8 nitrogen and oxygen atoms in total. The Kier molecular flexibility index (Phi) is 5.61. The summed E-state index contributed by atoms with van der Waals surface area (Å²) in [5.74, 6) is 2.46. The zero-order valence-electron chi connectivity index (χ0n) is 18.1. The van der Waals surface area contributed by atoms with Crippen molar-refractivity contribution in [2.45, 2.75) is 25.1 Å². The molecule has 2 aromatic heterocycles. The molecule has 1 saturated heterocycles. The first-order valence-corrected chi connectivity index (χ1v) is 10.1. The van der Waals surface area contributed by atoms with Crippen molar-refractivity contribution in [3.8, 4) is 23.2 Å². The number of amides is 1. The summed E-state index contributed by atoms with van der Waals surface area (Å²) in [6, 6.07) is 8.35. The number of hydrogen-bond donors (Lipinski definition) is 1. The normalized spacial score (nSPS) is 18.0. The van der Waals surface area contributed by atoms with Gasteiger partial charge in [-0.05, 0) is 31.0 Å². The molecule has 11 heteroatoms. The Bertz CT molecular complexity index is 1380. The third kappa shape index (κ3) is 4.22. The van der Waals surface area contributed by atoms with Crippen LogP contribution in [0.3, 0.4) is 0 Å². The van der Waals surface area contributed by atoms with Crippen LogP contribution in [0.2, 0.25) is 0 Å². The van der Waals surface area contributed by atoms with Gasteiger partial charge in [0.2, 0.25) is 0 Å². The van der Waals surface area contributed by atoms with Crippen LogP contribution in [0.1, 0.15) is 17.7 Å². The molecule has 0 spiro atoms. The summed E-state index contributed by atoms with van der Waals surface area (Å²) in [6.45, 7) is 1.90. The third-order valence-corrected chi connectivity index (χ3v) is 5.35. The van der Waals surface area contributed by atoms with Crippen LogP contribution in [0.4, 0.5) is 19.0 Å². The van der Waals surface area contributed by atoms with E-state index in [2.05, 4.69) is 31.5 Å². The molecule has 3 heterocycles. The minimum atomic E-state index is -5.25. The van der Waals surface area contributed by atoms with E-state index in [-0.39, 0.29) is 18.8 Å². The number of hydrogen-bond acceptors (Lipinski definition) is 7. The molecule has 0 aliphatic carbocycles. The number of alkyl halides is 3. The second kappa shape index (κ2) is 8.30. The highest BCUT2D eigenvalue weighted by Crippen LogP contribution is 2.30. The number of pyridine rings is 1. The monoisotopic (exact) mass is 469 g/mol. The summed E-state index contributed by atoms with van der Waals surface area (Å²) in [6.07, 6.45) is -3.87. The van der Waals surface area contributed by atoms with Crippen LogP contribution in [0, 0.1) is 18.8 Å². The van der Waals surface area contributed by atoms with E-state index in [1.165, 1.54) is 11.9 Å². The number of nitrogens with zero attached hydrogens (tertiary/aromatic N) is 4. The average Bonchev–Trinajstić information content (AvgIpc) is 3.07. The van der Waals surface area contributed by atoms with Gasteiger partial charge < -0.3 is 15.4 Å². The largest absolute Gasteiger partial charge is 0.490 e. The first kappa shape index (κ1) is 23.0. The van der Waals surface area contributed by atoms with Gasteiger partial charge in [-0.1, -0.05) is 18.1 Å². The van der Waals surface area contributed by atoms with E-state index < -0.39 is 23.7 Å². The molecule has 0 bridgehead atoms. The number of carbonyl (C=O) groups is 2. The van der Waals surface area contributed by atoms with Crippen molar-refractivity contribution in [1.82, 2.24) is 19.9 Å². The quantitative estimate of drug-likeness (QED) is 0.454. The molecule has 1 fully saturated rings. The van der Waals surface area contributed by atoms with E-state index in [4.69, 9.17) is 5.73 Å². The van der Waals surface area contributed by atoms with Crippen molar-refractivity contribution in [3.05, 3.63) is 47.8 Å². The number of carbonyl (C=O) groups excluding carboxylic acids is 2. The number of nitrogen functional groups attached to an aromatic ring is 1. The maximum Gasteiger partial charge on any atom is 0.490 e. The van der Waals surface area contributed by atoms with Crippen molar-refractivity contribution < 1.29 is 27.5 Å². The first-order chi connectivity index (χ1) is 16.0. The van der Waals surface area contributed by atoms with Crippen molar-refractivity contribution in [1.29, 1.82) is 0 Å². The Morgan fingerprint density at radius 1 is 1.26 bits per heavy atom. The number of ether oxygens (including phenoxy) is 1. The van der Waals surface area contributed by atoms with Crippen molar-refractivity contribution in [2.75, 3.05) is 19.3 Å². The number of benzene rings is 1. The summed E-state index contributed by atoms with van der Waals surface area (Å²) >= 11 is 0. The van der Waals surface area contributed by atoms with Gasteiger partial charge in [0.1, 0.15) is 11.3 Å². The van der Waals surface area contributed by atoms with Crippen molar-refractivity contribution >= 4 is 28.6 Å². The topological polar surface area (TPSA) is 111 Å². The SMILES string of the molecule is Cc1nc(-c2cccc(C#C[C@]3(OC(=O)C(F)(F)F)CCN(C)C3=O)c2)nc2c(N)nccc12. The van der Waals surface area contributed by atoms with Crippen molar-refractivity contribution in [2.24, 2.45) is 0 Å². The van der Waals surface area contributed by atoms with Crippen LogP contribution in [-0.2, 0) is 14.3 Å². The first-order valence-electron chi connectivity index (χ1n) is 10.1. The van der Waals surface area contributed by atoms with Gasteiger partial charge in [0, 0.05) is 48.4 Å². The lowest BCUT2D eigenvalue weighted by atomic mass is 10.0. The smallest absolute Gasteiger partial charge is 0.429 e. The van der Waals surface area contributed by atoms with Crippen molar-refractivity contribution in [3.63, 3.8) is 0 Å². The predicted octanol–water partition coefficient (Wildman–Crippen LogP) is 2.64. The van der Waals surface area contributed by atoms with Crippen LogP contribution in [-0.4, -0.2) is 57.1 Å². The number of likely N-dealkylation sites (tertiary alicyclic amines) is 1. The molecule has 0 unspecified atom stereocenters. The van der Waals surface area contributed by atoms with E-state index in [1.807, 2.05) is 0 Å². The summed E-state index contributed by atoms with van der Waals surface area (Å²) in [5.41, 5.74) is 5.83. The van der Waals surface area contributed by atoms with Gasteiger partial charge in [0.05, 0.1) is 0 Å². The zero-order chi connectivity index (χ0) is 24.7. The Hall–Kier alpha value is -4.20. The lowest BCUT2D eigenvalue weighted by molar-refractivity contribution is -0.209. The molecule has 34 heavy (non-hydrogen) atoms. The molecule has 1 amide bonds. The van der Waals surface area contributed by atoms with Gasteiger partial charge in [0.15, 0.2) is 5.82 Å². The average molecular weight is 469 g/mol. The van der Waals surface area contributed by atoms with Gasteiger partial charge in [-0.2, -0.15) is 13.2 Å². The summed E-state index contributed by atoms with van der Waals surface area (Å²) in [4.78, 5) is 38.2. The number of aryl methyl sites for hydroxylation is 1. The number of rotatable bonds is 2. The third-order valence-electron chi connectivity index (χ3n) is 5.35. The Balaban J connectivity index is 1.72. The lowest BCUT2D eigenvalue weighted by Gasteiger charge is -2.22. The Morgan fingerprint density at radius 3 is 2.71 bits per heavy atom. The van der Waals surface area contributed by atoms with Gasteiger partial charge in [-0.15, -0.1) is 0 Å². The summed E-state index contributed by atoms with van der Waals surface area (Å²) in [7, 11) is 1.40. The number of esters is 1. The second-order valence-electron chi connectivity index (χ2n) is 7.75. The maximum absolute atomic E-state index is 12.8. The second-order valence-corrected chi connectivity index (χ2v) is 7.75. The van der Waals surface area contributed by atoms with Gasteiger partial charge >= 0.3 is 12.1 Å². The van der Waals surface area contributed by atoms with E-state index in [0.717, 1.165) is 5.39 Å². The molecule has 1 aliphatic rings. The van der Waals surface area contributed by atoms with Gasteiger partial charge in [0.25, 0.3) is 11.5 Å². The number of nitrogens with two attached hydrogens (primary N) is 1. The molecule has 0 saturated carbocycles. The molecule has 2 N–H and O–H groups in total. The number of fused-ring (bicyclic) bond motifs is 1. The van der Waals surface area contributed by atoms with E-state index in [0.29, 0.717) is 28.2 Å². The van der Waals surface area contributed by atoms with Crippen LogP contribution >= 0.6 is 0 Å². The van der Waals surface area contributed by atoms with E-state index >= 15 is 0 Å². The number of halogens is 3. The predicted molar refractivity (Wildman–Crippen MR) is 116 cm³/mol. The highest BCUT2D eigenvalue weighted by atomic mass is 19.4. The summed E-state index contributed by atoms with van der Waals surface area (Å²) < 4.78 is 43.0. The molecule has 0 radical (unpaired) electrons. The van der Waals surface area contributed by atoms with Gasteiger partial charge in [-0.25, -0.2) is 19.7 Å². The van der Waals surface area contributed by atoms with Crippen LogP contribution in [0.25, 0.3) is 22.3 Å². The standard InChI is InChI=1S/C23H18F3N5O3/c1-13-16-7-10-28-18(27)17(16)30-19(29-13)15-5-3-4-14(12-15)6-8-22(9-11-31(2)20(22)32)34-21(33)23(24,25)26/h3-5,7,10,12H,9,11H2,1-2H3,(H2,27,28)/t22-/m0/s1. The molecule has 1 atom stereocenters. The number of aromatic nitrogens is 3. The molecule has 1 aliphatic heterocycles. The van der Waals surface area contributed by atoms with E-state index in [9.17, 15) is 22.8 Å². The number of likely N-dealkylation sites (N-methyl/N-ethyl adjacent to an activating group) is 1. The fourth-order valence-electron chi connectivity index (χ4n) is 3.56. The fraction of sp³-hybridized carbons (Fsp3) is 0.261. The molecule has 3 aromatic rings. The van der Waals surface area contributed by atoms with E-state index in [1.54, 1.807) is 43.5 Å². The summed E-state index contributed by atoms with van der Waals surface area (Å²) in [5, 5.41) is 0.754. The number of anilines is 1. The lowest BCUT2D eigenvalue weighted by Crippen LogP contribution is -2.45. The van der Waals surface area contributed by atoms with Gasteiger partial charge in [-0.3, -0.25) is 4.79 Å². The Morgan fingerprint density at radius 2 is 2.03 bits per heavy atom. The highest BCUT2D eigenvalue weighted by Gasteiger charge is 2.53. The Labute approximate surface area is 192 Å². The van der Waals surface area contributed by atoms with Crippen LogP contribution < -0.4 is 5.73 Å². The molecular weight excluding hydrogens is 451 g/mol. The van der Waals surface area contributed by atoms with Crippen LogP contribution in [0.5, 0.6) is 0 Å². The zero-order valence-corrected chi connectivity index (χ0v) is 18.1. The molecular formula is C23H18F3N5O3. The molecule has 4 rings (SSSR count). The fourth-order valence-corrected chi connectivity index (χ4v) is 3.56.